The fraction of sp³-hybridized carbons (Fsp3) is 0.512. The molecular weight excluding hydrogens is 704 g/mol. The number of nitrogens with one attached hydrogen (secondary N) is 3. The largest absolute Gasteiger partial charge is 0.453 e. The molecule has 3 aromatic rings. The number of rotatable bonds is 17. The topological polar surface area (TPSA) is 202 Å². The molecule has 0 spiro atoms. The molecule has 1 unspecified atom stereocenters. The van der Waals surface area contributed by atoms with Gasteiger partial charge in [-0.1, -0.05) is 102 Å². The van der Waals surface area contributed by atoms with E-state index in [0.29, 0.717) is 12.1 Å². The third-order valence-electron chi connectivity index (χ3n) is 10.3. The number of nitrogens with two attached hydrogens (primary N) is 1. The summed E-state index contributed by atoms with van der Waals surface area (Å²) in [7, 11) is 2.37. The average Bonchev–Trinajstić information content (AvgIpc) is 3.18. The molecule has 1 aliphatic carbocycles. The quantitative estimate of drug-likeness (QED) is 0.0726. The molecule has 1 fully saturated rings. The highest BCUT2D eigenvalue weighted by molar-refractivity contribution is 6.02. The number of aromatic nitrogens is 1. The Morgan fingerprint density at radius 3 is 2.02 bits per heavy atom. The predicted octanol–water partition coefficient (Wildman–Crippen LogP) is 4.70. The number of para-hydroxylation sites is 1. The lowest BCUT2D eigenvalue weighted by molar-refractivity contribution is -0.141. The average molecular weight is 761 g/mol. The minimum absolute atomic E-state index is 0.0174. The lowest BCUT2D eigenvalue weighted by Crippen LogP contribution is -2.61. The number of Topliss-reactive ketones (excluding diaryl/α,β-unsaturated/α-hetero) is 2. The number of ketones is 2. The molecule has 14 nitrogen and oxygen atoms in total. The van der Waals surface area contributed by atoms with Gasteiger partial charge in [-0.3, -0.25) is 25.5 Å². The van der Waals surface area contributed by atoms with Crippen molar-refractivity contribution in [2.75, 3.05) is 27.3 Å². The van der Waals surface area contributed by atoms with Gasteiger partial charge in [0.15, 0.2) is 11.6 Å². The molecule has 14 heteroatoms. The lowest BCUT2D eigenvalue weighted by atomic mass is 9.71. The van der Waals surface area contributed by atoms with E-state index in [0.717, 1.165) is 37.5 Å². The third kappa shape index (κ3) is 11.1. The van der Waals surface area contributed by atoms with Crippen molar-refractivity contribution in [2.24, 2.45) is 35.3 Å². The van der Waals surface area contributed by atoms with Gasteiger partial charge in [0, 0.05) is 18.5 Å². The number of alkyl carbamates (subject to hydrolysis) is 2. The first-order chi connectivity index (χ1) is 26.2. The van der Waals surface area contributed by atoms with Gasteiger partial charge < -0.3 is 25.2 Å². The van der Waals surface area contributed by atoms with Crippen LogP contribution < -0.4 is 21.8 Å². The lowest BCUT2D eigenvalue weighted by Gasteiger charge is -2.41. The first kappa shape index (κ1) is 42.8. The standard InChI is InChI=1S/C41H56N6O8/c1-25(2)34(44-39(51)54-5)37(49)33(41(42,53)29-18-11-8-12-19-29)30(36(48)32-22-21-28-17-13-14-20-31(28)43-32)24-47(23-27-15-9-7-10-16-27)46-38(50)35(26(3)4)45-40(52)55-6/h8,11-14,17-22,25-27,30,33-35,53H,7,9-10,15-16,23-24,42H2,1-6H3,(H,44,51)(H,45,52)(H,46,50)/t30-,33+,34-,35-,41?/m0/s1. The van der Waals surface area contributed by atoms with Crippen molar-refractivity contribution >= 4 is 40.6 Å². The van der Waals surface area contributed by atoms with Crippen molar-refractivity contribution in [2.45, 2.75) is 77.6 Å². The minimum atomic E-state index is -2.46. The molecule has 0 radical (unpaired) electrons. The molecule has 1 aliphatic rings. The van der Waals surface area contributed by atoms with Crippen LogP contribution >= 0.6 is 0 Å². The molecular formula is C41H56N6O8. The predicted molar refractivity (Wildman–Crippen MR) is 207 cm³/mol. The summed E-state index contributed by atoms with van der Waals surface area (Å²) >= 11 is 0. The Morgan fingerprint density at radius 1 is 0.836 bits per heavy atom. The van der Waals surface area contributed by atoms with Crippen LogP contribution in [0.5, 0.6) is 0 Å². The molecule has 1 heterocycles. The van der Waals surface area contributed by atoms with Gasteiger partial charge in [0.2, 0.25) is 0 Å². The molecule has 0 bridgehead atoms. The number of ether oxygens (including phenoxy) is 2. The number of hydrogen-bond acceptors (Lipinski definition) is 11. The maximum Gasteiger partial charge on any atom is 0.407 e. The Labute approximate surface area is 322 Å². The summed E-state index contributed by atoms with van der Waals surface area (Å²) in [5.74, 6) is -5.78. The van der Waals surface area contributed by atoms with Gasteiger partial charge in [-0.2, -0.15) is 0 Å². The maximum absolute atomic E-state index is 15.1. The van der Waals surface area contributed by atoms with Gasteiger partial charge in [-0.05, 0) is 48.3 Å². The zero-order valence-electron chi connectivity index (χ0n) is 32.6. The van der Waals surface area contributed by atoms with E-state index >= 15 is 9.59 Å². The van der Waals surface area contributed by atoms with Gasteiger partial charge in [-0.25, -0.2) is 19.6 Å². The van der Waals surface area contributed by atoms with E-state index in [1.54, 1.807) is 87.3 Å². The Bertz CT molecular complexity index is 1780. The summed E-state index contributed by atoms with van der Waals surface area (Å²) in [6, 6.07) is 16.5. The van der Waals surface area contributed by atoms with Gasteiger partial charge >= 0.3 is 12.2 Å². The van der Waals surface area contributed by atoms with E-state index in [1.807, 2.05) is 12.1 Å². The minimum Gasteiger partial charge on any atom is -0.453 e. The van der Waals surface area contributed by atoms with E-state index < -0.39 is 65.2 Å². The Kier molecular flexibility index (Phi) is 15.3. The number of methoxy groups -OCH3 is 2. The summed E-state index contributed by atoms with van der Waals surface area (Å²) in [5, 5.41) is 20.0. The van der Waals surface area contributed by atoms with Gasteiger partial charge in [0.1, 0.15) is 17.5 Å². The highest BCUT2D eigenvalue weighted by atomic mass is 16.5. The number of fused-ring (bicyclic) bond motifs is 1. The molecule has 4 rings (SSSR count). The molecule has 1 saturated carbocycles. The van der Waals surface area contributed by atoms with Crippen LogP contribution in [-0.4, -0.2) is 84.2 Å². The normalized spacial score (nSPS) is 16.8. The van der Waals surface area contributed by atoms with Crippen LogP contribution in [0, 0.1) is 29.6 Å². The number of benzene rings is 2. The number of carbonyl (C=O) groups is 5. The monoisotopic (exact) mass is 760 g/mol. The molecule has 2 aromatic carbocycles. The molecule has 1 aromatic heterocycles. The van der Waals surface area contributed by atoms with Gasteiger partial charge in [0.05, 0.1) is 37.6 Å². The zero-order chi connectivity index (χ0) is 40.3. The van der Waals surface area contributed by atoms with Crippen LogP contribution in [0.25, 0.3) is 10.9 Å². The smallest absolute Gasteiger partial charge is 0.407 e. The number of hydrazine groups is 1. The van der Waals surface area contributed by atoms with Crippen LogP contribution in [0.3, 0.4) is 0 Å². The van der Waals surface area contributed by atoms with E-state index in [9.17, 15) is 19.5 Å². The molecule has 298 valence electrons. The van der Waals surface area contributed by atoms with Crippen molar-refractivity contribution < 1.29 is 38.6 Å². The van der Waals surface area contributed by atoms with E-state index in [2.05, 4.69) is 21.0 Å². The molecule has 0 saturated heterocycles. The number of nitrogens with zero attached hydrogens (tertiary/aromatic N) is 2. The second-order valence-corrected chi connectivity index (χ2v) is 15.0. The number of aliphatic hydroxyl groups is 1. The van der Waals surface area contributed by atoms with Crippen molar-refractivity contribution in [1.29, 1.82) is 0 Å². The summed E-state index contributed by atoms with van der Waals surface area (Å²) in [4.78, 5) is 73.7. The zero-order valence-corrected chi connectivity index (χ0v) is 32.6. The van der Waals surface area contributed by atoms with Crippen molar-refractivity contribution in [1.82, 2.24) is 26.1 Å². The number of carbonyl (C=O) groups excluding carboxylic acids is 5. The van der Waals surface area contributed by atoms with Crippen LogP contribution in [0.15, 0.2) is 66.7 Å². The Hall–Kier alpha value is -4.92. The maximum atomic E-state index is 15.1. The van der Waals surface area contributed by atoms with Crippen molar-refractivity contribution in [3.8, 4) is 0 Å². The fourth-order valence-electron chi connectivity index (χ4n) is 7.32. The number of hydrogen-bond donors (Lipinski definition) is 5. The molecule has 55 heavy (non-hydrogen) atoms. The van der Waals surface area contributed by atoms with E-state index in [1.165, 1.54) is 14.2 Å². The molecule has 6 N–H and O–H groups in total. The second-order valence-electron chi connectivity index (χ2n) is 15.0. The van der Waals surface area contributed by atoms with Crippen molar-refractivity contribution in [3.63, 3.8) is 0 Å². The molecule has 0 aliphatic heterocycles. The van der Waals surface area contributed by atoms with Crippen molar-refractivity contribution in [3.05, 3.63) is 78.0 Å². The summed E-state index contributed by atoms with van der Waals surface area (Å²) in [6.07, 6.45) is 3.13. The summed E-state index contributed by atoms with van der Waals surface area (Å²) < 4.78 is 9.64. The molecule has 5 atom stereocenters. The van der Waals surface area contributed by atoms with E-state index in [-0.39, 0.29) is 29.6 Å². The second kappa shape index (κ2) is 19.6. The third-order valence-corrected chi connectivity index (χ3v) is 10.3. The van der Waals surface area contributed by atoms with Gasteiger partial charge in [0.25, 0.3) is 5.91 Å². The van der Waals surface area contributed by atoms with Crippen LogP contribution in [0.1, 0.15) is 75.9 Å². The fourth-order valence-corrected chi connectivity index (χ4v) is 7.32. The summed E-state index contributed by atoms with van der Waals surface area (Å²) in [6.45, 7) is 6.98. The number of pyridine rings is 1. The molecule has 3 amide bonds. The SMILES string of the molecule is COC(=O)N[C@H](C(=O)NN(CC1CCCCC1)C[C@H](C(=O)c1ccc2ccccc2n1)[C@H](C(=O)[C@@H](NC(=O)OC)C(C)C)C(N)(O)c1ccccc1)C(C)C. The van der Waals surface area contributed by atoms with E-state index in [4.69, 9.17) is 15.2 Å². The van der Waals surface area contributed by atoms with Gasteiger partial charge in [-0.15, -0.1) is 0 Å². The van der Waals surface area contributed by atoms with Crippen LogP contribution in [0.2, 0.25) is 0 Å². The Balaban J connectivity index is 1.92. The first-order valence-corrected chi connectivity index (χ1v) is 18.9. The van der Waals surface area contributed by atoms with Crippen LogP contribution in [0.4, 0.5) is 9.59 Å². The Morgan fingerprint density at radius 2 is 1.42 bits per heavy atom. The van der Waals surface area contributed by atoms with Crippen LogP contribution in [-0.2, 0) is 24.8 Å². The highest BCUT2D eigenvalue weighted by Crippen LogP contribution is 2.36. The summed E-state index contributed by atoms with van der Waals surface area (Å²) in [5.41, 5.74) is 8.06. The number of amides is 3. The highest BCUT2D eigenvalue weighted by Gasteiger charge is 2.51. The first-order valence-electron chi connectivity index (χ1n) is 18.9.